The van der Waals surface area contributed by atoms with Crippen molar-refractivity contribution in [2.45, 2.75) is 25.1 Å². The van der Waals surface area contributed by atoms with Crippen LogP contribution in [0.5, 0.6) is 0 Å². The first-order chi connectivity index (χ1) is 5.37. The number of alkyl halides is 1. The summed E-state index contributed by atoms with van der Waals surface area (Å²) in [5.41, 5.74) is 4.24. The monoisotopic (exact) mass is 208 g/mol. The summed E-state index contributed by atoms with van der Waals surface area (Å²) in [6.07, 6.45) is 0. The number of hydrogen-bond acceptors (Lipinski definition) is 4. The molecule has 1 atom stereocenters. The third-order valence-electron chi connectivity index (χ3n) is 1.51. The van der Waals surface area contributed by atoms with Gasteiger partial charge in [0, 0.05) is 0 Å². The summed E-state index contributed by atoms with van der Waals surface area (Å²) in [7, 11) is 0. The molecule has 1 heterocycles. The molecule has 1 unspecified atom stereocenters. The lowest BCUT2D eigenvalue weighted by molar-refractivity contribution is 0.102. The number of aliphatic hydroxyl groups is 1. The van der Waals surface area contributed by atoms with E-state index in [4.69, 9.17) is 17.3 Å². The zero-order chi connectivity index (χ0) is 9.41. The van der Waals surface area contributed by atoms with E-state index >= 15 is 0 Å². The van der Waals surface area contributed by atoms with Crippen LogP contribution in [0.3, 0.4) is 0 Å². The van der Waals surface area contributed by atoms with E-state index < -0.39 is 11.3 Å². The summed E-state index contributed by atoms with van der Waals surface area (Å²) in [5.74, 6) is 0.631. The van der Waals surface area contributed by atoms with Crippen molar-refractivity contribution in [2.75, 3.05) is 11.6 Å². The molecule has 1 aliphatic rings. The molecule has 0 aromatic carbocycles. The average Bonchev–Trinajstić information content (AvgIpc) is 2.32. The fourth-order valence-corrected chi connectivity index (χ4v) is 2.24. The molecule has 0 amide bonds. The second-order valence-electron chi connectivity index (χ2n) is 3.54. The summed E-state index contributed by atoms with van der Waals surface area (Å²) in [4.78, 5) is 4.09. The highest BCUT2D eigenvalue weighted by molar-refractivity contribution is 8.14. The predicted molar refractivity (Wildman–Crippen MR) is 53.8 cm³/mol. The number of rotatable bonds is 2. The Hall–Kier alpha value is 0.230. The number of nitrogens with zero attached hydrogens (tertiary/aromatic N) is 1. The molecule has 0 fully saturated rings. The molecular weight excluding hydrogens is 196 g/mol. The van der Waals surface area contributed by atoms with Gasteiger partial charge in [0.1, 0.15) is 0 Å². The van der Waals surface area contributed by atoms with Crippen molar-refractivity contribution < 1.29 is 5.11 Å². The Balaban J connectivity index is 2.79. The van der Waals surface area contributed by atoms with Crippen LogP contribution in [-0.4, -0.2) is 33.0 Å². The first-order valence-corrected chi connectivity index (χ1v) is 5.20. The summed E-state index contributed by atoms with van der Waals surface area (Å²) >= 11 is 7.02. The van der Waals surface area contributed by atoms with Crippen molar-refractivity contribution in [2.24, 2.45) is 10.7 Å². The third kappa shape index (κ3) is 2.13. The van der Waals surface area contributed by atoms with Crippen molar-refractivity contribution >= 4 is 28.4 Å². The van der Waals surface area contributed by atoms with E-state index in [0.29, 0.717) is 5.75 Å². The molecule has 1 aliphatic heterocycles. The van der Waals surface area contributed by atoms with E-state index in [1.165, 1.54) is 11.8 Å². The van der Waals surface area contributed by atoms with Crippen molar-refractivity contribution in [3.63, 3.8) is 0 Å². The summed E-state index contributed by atoms with van der Waals surface area (Å²) in [5, 5.41) is 10.4. The quantitative estimate of drug-likeness (QED) is 0.660. The smallest absolute Gasteiger partial charge is 0.180 e. The van der Waals surface area contributed by atoms with E-state index in [1.807, 2.05) is 13.8 Å². The molecule has 0 bridgehead atoms. The lowest BCUT2D eigenvalue weighted by Crippen LogP contribution is -2.39. The lowest BCUT2D eigenvalue weighted by Gasteiger charge is -2.17. The largest absolute Gasteiger partial charge is 0.367 e. The van der Waals surface area contributed by atoms with Crippen LogP contribution in [-0.2, 0) is 0 Å². The summed E-state index contributed by atoms with van der Waals surface area (Å²) in [6, 6.07) is 0. The minimum absolute atomic E-state index is 0.125. The Morgan fingerprint density at radius 3 is 2.67 bits per heavy atom. The van der Waals surface area contributed by atoms with Gasteiger partial charge in [-0.25, -0.2) is 4.99 Å². The van der Waals surface area contributed by atoms with Gasteiger partial charge in [0.25, 0.3) is 0 Å². The van der Waals surface area contributed by atoms with Crippen molar-refractivity contribution in [1.82, 2.24) is 0 Å². The van der Waals surface area contributed by atoms with E-state index in [9.17, 15) is 5.11 Å². The molecule has 0 aromatic rings. The molecule has 0 spiro atoms. The second-order valence-corrected chi connectivity index (χ2v) is 4.77. The van der Waals surface area contributed by atoms with Gasteiger partial charge in [-0.3, -0.25) is 0 Å². The Bertz CT molecular complexity index is 214. The second kappa shape index (κ2) is 3.18. The van der Waals surface area contributed by atoms with Crippen molar-refractivity contribution in [3.05, 3.63) is 0 Å². The number of aliphatic imine (C=N–C) groups is 1. The zero-order valence-corrected chi connectivity index (χ0v) is 8.74. The van der Waals surface area contributed by atoms with Gasteiger partial charge in [-0.05, 0) is 13.8 Å². The van der Waals surface area contributed by atoms with Crippen LogP contribution in [0.25, 0.3) is 0 Å². The Labute approximate surface area is 81.4 Å². The van der Waals surface area contributed by atoms with Crippen LogP contribution in [0, 0.1) is 0 Å². The molecule has 3 nitrogen and oxygen atoms in total. The van der Waals surface area contributed by atoms with E-state index in [0.717, 1.165) is 5.04 Å². The van der Waals surface area contributed by atoms with Crippen LogP contribution in [0.1, 0.15) is 13.8 Å². The van der Waals surface area contributed by atoms with Gasteiger partial charge >= 0.3 is 0 Å². The molecule has 0 saturated carbocycles. The molecule has 5 heteroatoms. The van der Waals surface area contributed by atoms with E-state index in [2.05, 4.69) is 4.99 Å². The number of hydrogen-bond donors (Lipinski definition) is 2. The van der Waals surface area contributed by atoms with Gasteiger partial charge in [0.05, 0.1) is 22.2 Å². The molecule has 1 rings (SSSR count). The molecule has 70 valence electrons. The van der Waals surface area contributed by atoms with Gasteiger partial charge in [-0.1, -0.05) is 0 Å². The van der Waals surface area contributed by atoms with Gasteiger partial charge in [0.15, 0.2) is 5.72 Å². The van der Waals surface area contributed by atoms with Crippen LogP contribution in [0.15, 0.2) is 4.99 Å². The van der Waals surface area contributed by atoms with Crippen LogP contribution in [0.4, 0.5) is 0 Å². The number of halogens is 1. The molecule has 3 N–H and O–H groups in total. The van der Waals surface area contributed by atoms with Gasteiger partial charge in [-0.2, -0.15) is 0 Å². The number of nitrogens with two attached hydrogens (primary N) is 1. The Kier molecular flexibility index (Phi) is 2.73. The maximum Gasteiger partial charge on any atom is 0.180 e. The van der Waals surface area contributed by atoms with Gasteiger partial charge in [-0.15, -0.1) is 23.4 Å². The van der Waals surface area contributed by atoms with Crippen molar-refractivity contribution in [3.8, 4) is 0 Å². The highest BCUT2D eigenvalue weighted by Gasteiger charge is 2.36. The minimum atomic E-state index is -1.10. The highest BCUT2D eigenvalue weighted by atomic mass is 35.5. The average molecular weight is 209 g/mol. The maximum absolute atomic E-state index is 9.64. The lowest BCUT2D eigenvalue weighted by atomic mass is 10.1. The van der Waals surface area contributed by atoms with Gasteiger partial charge in [0.2, 0.25) is 0 Å². The Morgan fingerprint density at radius 2 is 2.42 bits per heavy atom. The minimum Gasteiger partial charge on any atom is -0.367 e. The predicted octanol–water partition coefficient (Wildman–Crippen LogP) is 0.796. The van der Waals surface area contributed by atoms with Crippen LogP contribution in [0.2, 0.25) is 0 Å². The van der Waals surface area contributed by atoms with Crippen LogP contribution < -0.4 is 5.73 Å². The fraction of sp³-hybridized carbons (Fsp3) is 0.857. The zero-order valence-electron chi connectivity index (χ0n) is 7.17. The molecule has 0 aromatic heterocycles. The molecule has 0 saturated heterocycles. The standard InChI is InChI=1S/C7H13ClN2OS/c1-6(2,9)5-10-7(11,3-8)4-12-5/h11H,3-4,9H2,1-2H3. The van der Waals surface area contributed by atoms with E-state index in [-0.39, 0.29) is 5.88 Å². The maximum atomic E-state index is 9.64. The Morgan fingerprint density at radius 1 is 1.83 bits per heavy atom. The normalized spacial score (nSPS) is 30.6. The van der Waals surface area contributed by atoms with E-state index in [1.54, 1.807) is 0 Å². The van der Waals surface area contributed by atoms with Gasteiger partial charge < -0.3 is 10.8 Å². The SMILES string of the molecule is CC(C)(N)C1=NC(O)(CCl)CS1. The first-order valence-electron chi connectivity index (χ1n) is 3.68. The van der Waals surface area contributed by atoms with Crippen molar-refractivity contribution in [1.29, 1.82) is 0 Å². The highest BCUT2D eigenvalue weighted by Crippen LogP contribution is 2.30. The molecule has 0 aliphatic carbocycles. The van der Waals surface area contributed by atoms with Crippen LogP contribution >= 0.6 is 23.4 Å². The summed E-state index contributed by atoms with van der Waals surface area (Å²) in [6.45, 7) is 3.72. The summed E-state index contributed by atoms with van der Waals surface area (Å²) < 4.78 is 0. The molecule has 0 radical (unpaired) electrons. The number of thioether (sulfide) groups is 1. The topological polar surface area (TPSA) is 58.6 Å². The fourth-order valence-electron chi connectivity index (χ4n) is 0.836. The third-order valence-corrected chi connectivity index (χ3v) is 3.44. The first kappa shape index (κ1) is 10.3. The molecule has 12 heavy (non-hydrogen) atoms. The molecular formula is C7H13ClN2OS.